The second-order valence-electron chi connectivity index (χ2n) is 7.43. The molecule has 0 spiro atoms. The lowest BCUT2D eigenvalue weighted by atomic mass is 10.2. The van der Waals surface area contributed by atoms with Gasteiger partial charge in [0.15, 0.2) is 5.76 Å². The lowest BCUT2D eigenvalue weighted by Gasteiger charge is -2.24. The van der Waals surface area contributed by atoms with Crippen molar-refractivity contribution in [2.24, 2.45) is 5.92 Å². The Bertz CT molecular complexity index is 835. The molecule has 2 aromatic rings. The monoisotopic (exact) mass is 386 g/mol. The molecule has 6 nitrogen and oxygen atoms in total. The minimum Gasteiger partial charge on any atom is -0.459 e. The Morgan fingerprint density at radius 2 is 2.00 bits per heavy atom. The fourth-order valence-corrected chi connectivity index (χ4v) is 3.41. The number of carbonyl (C=O) groups is 2. The average molecular weight is 386 g/mol. The van der Waals surface area contributed by atoms with Crippen LogP contribution in [0.1, 0.15) is 29.0 Å². The van der Waals surface area contributed by atoms with Crippen molar-refractivity contribution in [3.63, 3.8) is 0 Å². The number of ether oxygens (including phenoxy) is 1. The summed E-state index contributed by atoms with van der Waals surface area (Å²) in [5.41, 5.74) is 0.454. The van der Waals surface area contributed by atoms with Crippen LogP contribution in [-0.2, 0) is 16.1 Å². The molecule has 1 aromatic heterocycles. The Balaban J connectivity index is 1.49. The molecule has 1 saturated heterocycles. The summed E-state index contributed by atoms with van der Waals surface area (Å²) in [6.45, 7) is 1.41. The highest BCUT2D eigenvalue weighted by Crippen LogP contribution is 2.30. The molecule has 1 aliphatic carbocycles. The zero-order valence-corrected chi connectivity index (χ0v) is 15.6. The van der Waals surface area contributed by atoms with Crippen molar-refractivity contribution in [3.05, 3.63) is 59.8 Å². The van der Waals surface area contributed by atoms with Gasteiger partial charge in [0.05, 0.1) is 19.0 Å². The summed E-state index contributed by atoms with van der Waals surface area (Å²) in [5, 5.41) is 0. The van der Waals surface area contributed by atoms with E-state index in [4.69, 9.17) is 9.15 Å². The predicted octanol–water partition coefficient (Wildman–Crippen LogP) is 2.70. The fraction of sp³-hybridized carbons (Fsp3) is 0.429. The minimum atomic E-state index is -0.399. The molecule has 1 saturated carbocycles. The number of amides is 2. The van der Waals surface area contributed by atoms with Crippen molar-refractivity contribution < 1.29 is 23.1 Å². The lowest BCUT2D eigenvalue weighted by molar-refractivity contribution is -0.131. The summed E-state index contributed by atoms with van der Waals surface area (Å²) in [7, 11) is 0. The third-order valence-corrected chi connectivity index (χ3v) is 5.15. The summed E-state index contributed by atoms with van der Waals surface area (Å²) in [6, 6.07) is 9.66. The van der Waals surface area contributed by atoms with Crippen LogP contribution in [0.5, 0.6) is 0 Å². The molecule has 0 bridgehead atoms. The highest BCUT2D eigenvalue weighted by Gasteiger charge is 2.35. The highest BCUT2D eigenvalue weighted by molar-refractivity contribution is 5.94. The van der Waals surface area contributed by atoms with Crippen LogP contribution in [0.4, 0.5) is 4.39 Å². The average Bonchev–Trinajstić information content (AvgIpc) is 3.37. The van der Waals surface area contributed by atoms with Gasteiger partial charge in [-0.25, -0.2) is 4.39 Å². The van der Waals surface area contributed by atoms with Gasteiger partial charge in [-0.3, -0.25) is 9.59 Å². The van der Waals surface area contributed by atoms with Crippen molar-refractivity contribution in [1.29, 1.82) is 0 Å². The maximum Gasteiger partial charge on any atom is 0.290 e. The van der Waals surface area contributed by atoms with Crippen LogP contribution in [-0.4, -0.2) is 53.9 Å². The van der Waals surface area contributed by atoms with E-state index >= 15 is 0 Å². The number of carbonyl (C=O) groups excluding carboxylic acids is 2. The Labute approximate surface area is 162 Å². The van der Waals surface area contributed by atoms with Gasteiger partial charge in [0.25, 0.3) is 5.91 Å². The molecule has 0 N–H and O–H groups in total. The molecule has 2 fully saturated rings. The number of hydrogen-bond acceptors (Lipinski definition) is 4. The zero-order chi connectivity index (χ0) is 19.5. The molecule has 7 heteroatoms. The molecule has 2 heterocycles. The largest absolute Gasteiger partial charge is 0.459 e. The molecule has 4 rings (SSSR count). The van der Waals surface area contributed by atoms with Crippen LogP contribution >= 0.6 is 0 Å². The Morgan fingerprint density at radius 3 is 2.71 bits per heavy atom. The van der Waals surface area contributed by atoms with Gasteiger partial charge in [-0.1, -0.05) is 18.2 Å². The Kier molecular flexibility index (Phi) is 5.43. The first-order chi connectivity index (χ1) is 13.6. The molecule has 1 unspecified atom stereocenters. The molecule has 0 radical (unpaired) electrons. The first-order valence-electron chi connectivity index (χ1n) is 9.55. The number of hydrogen-bond donors (Lipinski definition) is 0. The van der Waals surface area contributed by atoms with Crippen molar-refractivity contribution in [2.45, 2.75) is 25.6 Å². The molecule has 1 atom stereocenters. The number of rotatable bonds is 6. The van der Waals surface area contributed by atoms with Crippen LogP contribution in [0, 0.1) is 11.7 Å². The standard InChI is InChI=1S/C21H23FN2O4/c22-18-5-2-1-4-16(18)14-28-17-11-23(10-15-7-8-15)20(25)13-24(12-17)21(26)19-6-3-9-27-19/h1-6,9,15,17H,7-8,10-14H2. The van der Waals surface area contributed by atoms with E-state index in [-0.39, 0.29) is 43.1 Å². The SMILES string of the molecule is O=C1CN(C(=O)c2ccco2)CC(OCc2ccccc2F)CN1CC1CC1. The number of halogens is 1. The molecular formula is C21H23FN2O4. The van der Waals surface area contributed by atoms with E-state index in [2.05, 4.69) is 0 Å². The van der Waals surface area contributed by atoms with Crippen molar-refractivity contribution in [1.82, 2.24) is 9.80 Å². The molecule has 148 valence electrons. The van der Waals surface area contributed by atoms with E-state index < -0.39 is 6.10 Å². The Hall–Kier alpha value is -2.67. The molecule has 2 amide bonds. The van der Waals surface area contributed by atoms with Gasteiger partial charge in [0, 0.05) is 25.2 Å². The van der Waals surface area contributed by atoms with Crippen LogP contribution in [0.2, 0.25) is 0 Å². The molecule has 1 aliphatic heterocycles. The number of nitrogens with zero attached hydrogens (tertiary/aromatic N) is 2. The fourth-order valence-electron chi connectivity index (χ4n) is 3.41. The van der Waals surface area contributed by atoms with E-state index in [1.165, 1.54) is 17.2 Å². The van der Waals surface area contributed by atoms with E-state index in [1.807, 2.05) is 0 Å². The molecule has 28 heavy (non-hydrogen) atoms. The number of benzene rings is 1. The second-order valence-corrected chi connectivity index (χ2v) is 7.43. The maximum atomic E-state index is 13.9. The summed E-state index contributed by atoms with van der Waals surface area (Å²) in [6.07, 6.45) is 3.28. The topological polar surface area (TPSA) is 63.0 Å². The summed E-state index contributed by atoms with van der Waals surface area (Å²) >= 11 is 0. The van der Waals surface area contributed by atoms with E-state index in [0.29, 0.717) is 24.6 Å². The van der Waals surface area contributed by atoms with Crippen LogP contribution in [0.25, 0.3) is 0 Å². The van der Waals surface area contributed by atoms with Gasteiger partial charge in [0.1, 0.15) is 12.4 Å². The highest BCUT2D eigenvalue weighted by atomic mass is 19.1. The van der Waals surface area contributed by atoms with Gasteiger partial charge in [-0.15, -0.1) is 0 Å². The third-order valence-electron chi connectivity index (χ3n) is 5.15. The van der Waals surface area contributed by atoms with Crippen LogP contribution < -0.4 is 0 Å². The predicted molar refractivity (Wildman–Crippen MR) is 98.9 cm³/mol. The van der Waals surface area contributed by atoms with E-state index in [1.54, 1.807) is 35.2 Å². The number of furan rings is 1. The Morgan fingerprint density at radius 1 is 1.18 bits per heavy atom. The summed E-state index contributed by atoms with van der Waals surface area (Å²) in [5.74, 6) is -0.0414. The second kappa shape index (κ2) is 8.14. The zero-order valence-electron chi connectivity index (χ0n) is 15.6. The van der Waals surface area contributed by atoms with Crippen molar-refractivity contribution in [2.75, 3.05) is 26.2 Å². The van der Waals surface area contributed by atoms with Gasteiger partial charge in [-0.05, 0) is 37.0 Å². The normalized spacial score (nSPS) is 20.3. The van der Waals surface area contributed by atoms with Crippen LogP contribution in [0.3, 0.4) is 0 Å². The van der Waals surface area contributed by atoms with E-state index in [0.717, 1.165) is 12.8 Å². The minimum absolute atomic E-state index is 0.00812. The van der Waals surface area contributed by atoms with E-state index in [9.17, 15) is 14.0 Å². The summed E-state index contributed by atoms with van der Waals surface area (Å²) < 4.78 is 25.1. The maximum absolute atomic E-state index is 13.9. The molecule has 2 aliphatic rings. The van der Waals surface area contributed by atoms with Crippen molar-refractivity contribution >= 4 is 11.8 Å². The quantitative estimate of drug-likeness (QED) is 0.766. The molecular weight excluding hydrogens is 363 g/mol. The molecule has 1 aromatic carbocycles. The van der Waals surface area contributed by atoms with Gasteiger partial charge in [-0.2, -0.15) is 0 Å². The first-order valence-corrected chi connectivity index (χ1v) is 9.55. The van der Waals surface area contributed by atoms with Crippen molar-refractivity contribution in [3.8, 4) is 0 Å². The van der Waals surface area contributed by atoms with Crippen LogP contribution in [0.15, 0.2) is 47.1 Å². The van der Waals surface area contributed by atoms with Gasteiger partial charge in [0.2, 0.25) is 5.91 Å². The first kappa shape index (κ1) is 18.7. The summed E-state index contributed by atoms with van der Waals surface area (Å²) in [4.78, 5) is 28.7. The van der Waals surface area contributed by atoms with Gasteiger partial charge < -0.3 is 19.0 Å². The lowest BCUT2D eigenvalue weighted by Crippen LogP contribution is -2.40. The third kappa shape index (κ3) is 4.42. The smallest absolute Gasteiger partial charge is 0.290 e. The van der Waals surface area contributed by atoms with Gasteiger partial charge >= 0.3 is 0 Å².